The molecule has 1 rings (SSSR count). The minimum Gasteiger partial charge on any atom is -0.481 e. The van der Waals surface area contributed by atoms with E-state index < -0.39 is 28.7 Å². The summed E-state index contributed by atoms with van der Waals surface area (Å²) in [6, 6.07) is 0. The minimum absolute atomic E-state index is 0.634. The monoisotopic (exact) mass is 172 g/mol. The number of carbonyl (C=O) groups is 2. The second kappa shape index (κ2) is 2.00. The number of aliphatic carboxylic acids is 2. The zero-order chi connectivity index (χ0) is 9.73. The van der Waals surface area contributed by atoms with Crippen LogP contribution in [0.25, 0.3) is 0 Å². The van der Waals surface area contributed by atoms with Gasteiger partial charge in [0.25, 0.3) is 0 Å². The van der Waals surface area contributed by atoms with Crippen LogP contribution in [0.1, 0.15) is 20.8 Å². The Bertz CT molecular complexity index is 256. The predicted octanol–water partition coefficient (Wildman–Crippen LogP) is 0.818. The van der Waals surface area contributed by atoms with Gasteiger partial charge in [-0.1, -0.05) is 13.8 Å². The van der Waals surface area contributed by atoms with Crippen molar-refractivity contribution in [2.75, 3.05) is 0 Å². The van der Waals surface area contributed by atoms with Gasteiger partial charge >= 0.3 is 11.9 Å². The van der Waals surface area contributed by atoms with Crippen LogP contribution in [0.5, 0.6) is 0 Å². The molecule has 0 amide bonds. The molecule has 4 heteroatoms. The van der Waals surface area contributed by atoms with Crippen molar-refractivity contribution in [1.29, 1.82) is 0 Å². The fourth-order valence-electron chi connectivity index (χ4n) is 1.93. The molecule has 4 nitrogen and oxygen atoms in total. The molecule has 68 valence electrons. The van der Waals surface area contributed by atoms with Gasteiger partial charge in [-0.2, -0.15) is 0 Å². The summed E-state index contributed by atoms with van der Waals surface area (Å²) >= 11 is 0. The molecule has 0 aliphatic heterocycles. The molecular weight excluding hydrogens is 160 g/mol. The van der Waals surface area contributed by atoms with Gasteiger partial charge in [-0.15, -0.1) is 0 Å². The summed E-state index contributed by atoms with van der Waals surface area (Å²) in [4.78, 5) is 21.4. The molecule has 1 saturated carbocycles. The average Bonchev–Trinajstić information content (AvgIpc) is 2.28. The summed E-state index contributed by atoms with van der Waals surface area (Å²) in [5.41, 5.74) is -1.73. The largest absolute Gasteiger partial charge is 0.481 e. The molecular formula is C8H12O4. The minimum atomic E-state index is -1.10. The van der Waals surface area contributed by atoms with E-state index in [0.29, 0.717) is 0 Å². The topological polar surface area (TPSA) is 74.6 Å². The highest BCUT2D eigenvalue weighted by Gasteiger charge is 2.76. The number of carboxylic acid groups (broad SMARTS) is 2. The van der Waals surface area contributed by atoms with Crippen molar-refractivity contribution in [3.8, 4) is 0 Å². The summed E-state index contributed by atoms with van der Waals surface area (Å²) < 4.78 is 0. The predicted molar refractivity (Wildman–Crippen MR) is 40.6 cm³/mol. The van der Waals surface area contributed by atoms with Crippen molar-refractivity contribution in [1.82, 2.24) is 0 Å². The number of hydrogen-bond acceptors (Lipinski definition) is 2. The SMILES string of the molecule is CC1(C)C(C(=O)O)C1(C)C(=O)O. The fraction of sp³-hybridized carbons (Fsp3) is 0.750. The second-order valence-corrected chi connectivity index (χ2v) is 4.00. The number of carboxylic acids is 2. The van der Waals surface area contributed by atoms with Gasteiger partial charge in [0.15, 0.2) is 0 Å². The van der Waals surface area contributed by atoms with E-state index in [2.05, 4.69) is 0 Å². The molecule has 12 heavy (non-hydrogen) atoms. The van der Waals surface area contributed by atoms with Crippen molar-refractivity contribution in [2.24, 2.45) is 16.7 Å². The van der Waals surface area contributed by atoms with Crippen molar-refractivity contribution in [3.05, 3.63) is 0 Å². The van der Waals surface area contributed by atoms with Crippen molar-refractivity contribution in [2.45, 2.75) is 20.8 Å². The zero-order valence-electron chi connectivity index (χ0n) is 7.29. The maximum absolute atomic E-state index is 10.8. The molecule has 0 bridgehead atoms. The fourth-order valence-corrected chi connectivity index (χ4v) is 1.93. The van der Waals surface area contributed by atoms with Gasteiger partial charge < -0.3 is 10.2 Å². The molecule has 1 aliphatic rings. The Morgan fingerprint density at radius 1 is 1.17 bits per heavy atom. The first-order chi connectivity index (χ1) is 5.26. The van der Waals surface area contributed by atoms with E-state index in [9.17, 15) is 9.59 Å². The Labute approximate surface area is 70.2 Å². The lowest BCUT2D eigenvalue weighted by Crippen LogP contribution is -2.18. The number of hydrogen-bond donors (Lipinski definition) is 2. The molecule has 0 aromatic rings. The average molecular weight is 172 g/mol. The smallest absolute Gasteiger partial charge is 0.310 e. The van der Waals surface area contributed by atoms with Crippen molar-refractivity contribution < 1.29 is 19.8 Å². The standard InChI is InChI=1S/C8H12O4/c1-7(2)4(5(9)10)8(7,3)6(11)12/h4H,1-3H3,(H,9,10)(H,11,12). The molecule has 2 N–H and O–H groups in total. The van der Waals surface area contributed by atoms with E-state index in [-0.39, 0.29) is 0 Å². The summed E-state index contributed by atoms with van der Waals surface area (Å²) in [6.45, 7) is 4.81. The lowest BCUT2D eigenvalue weighted by molar-refractivity contribution is -0.148. The first-order valence-corrected chi connectivity index (χ1v) is 3.72. The Morgan fingerprint density at radius 2 is 1.58 bits per heavy atom. The number of rotatable bonds is 2. The van der Waals surface area contributed by atoms with Gasteiger partial charge in [0.05, 0.1) is 11.3 Å². The molecule has 1 fully saturated rings. The summed E-state index contributed by atoms with van der Waals surface area (Å²) in [5, 5.41) is 17.5. The van der Waals surface area contributed by atoms with Crippen LogP contribution >= 0.6 is 0 Å². The van der Waals surface area contributed by atoms with Crippen LogP contribution in [0.3, 0.4) is 0 Å². The van der Waals surface area contributed by atoms with E-state index in [4.69, 9.17) is 10.2 Å². The zero-order valence-corrected chi connectivity index (χ0v) is 7.29. The summed E-state index contributed by atoms with van der Waals surface area (Å²) in [6.07, 6.45) is 0. The van der Waals surface area contributed by atoms with Gasteiger partial charge in [-0.3, -0.25) is 9.59 Å². The molecule has 0 saturated heterocycles. The van der Waals surface area contributed by atoms with Crippen LogP contribution < -0.4 is 0 Å². The highest BCUT2D eigenvalue weighted by Crippen LogP contribution is 2.68. The van der Waals surface area contributed by atoms with Crippen LogP contribution in [0.2, 0.25) is 0 Å². The van der Waals surface area contributed by atoms with Gasteiger partial charge in [-0.05, 0) is 12.3 Å². The molecule has 2 atom stereocenters. The Kier molecular flexibility index (Phi) is 1.50. The molecule has 0 aromatic heterocycles. The third-order valence-corrected chi connectivity index (χ3v) is 3.25. The van der Waals surface area contributed by atoms with Gasteiger partial charge in [-0.25, -0.2) is 0 Å². The highest BCUT2D eigenvalue weighted by atomic mass is 16.4. The first-order valence-electron chi connectivity index (χ1n) is 3.72. The van der Waals surface area contributed by atoms with E-state index >= 15 is 0 Å². The third-order valence-electron chi connectivity index (χ3n) is 3.25. The molecule has 0 spiro atoms. The van der Waals surface area contributed by atoms with Crippen LogP contribution in [-0.4, -0.2) is 22.2 Å². The van der Waals surface area contributed by atoms with Crippen molar-refractivity contribution >= 4 is 11.9 Å². The normalized spacial score (nSPS) is 37.4. The highest BCUT2D eigenvalue weighted by molar-refractivity contribution is 5.91. The summed E-state index contributed by atoms with van der Waals surface area (Å²) in [7, 11) is 0. The van der Waals surface area contributed by atoms with Gasteiger partial charge in [0.2, 0.25) is 0 Å². The molecule has 0 radical (unpaired) electrons. The Morgan fingerprint density at radius 3 is 1.67 bits per heavy atom. The van der Waals surface area contributed by atoms with Crippen molar-refractivity contribution in [3.63, 3.8) is 0 Å². The third kappa shape index (κ3) is 0.722. The summed E-state index contributed by atoms with van der Waals surface area (Å²) in [5.74, 6) is -2.81. The quantitative estimate of drug-likeness (QED) is 0.646. The Balaban J connectivity index is 2.99. The molecule has 0 aromatic carbocycles. The lowest BCUT2D eigenvalue weighted by atomic mass is 9.99. The van der Waals surface area contributed by atoms with Crippen LogP contribution in [0.15, 0.2) is 0 Å². The van der Waals surface area contributed by atoms with Crippen LogP contribution in [0, 0.1) is 16.7 Å². The van der Waals surface area contributed by atoms with E-state index in [1.54, 1.807) is 13.8 Å². The van der Waals surface area contributed by atoms with E-state index in [1.165, 1.54) is 6.92 Å². The molecule has 2 unspecified atom stereocenters. The van der Waals surface area contributed by atoms with E-state index in [1.807, 2.05) is 0 Å². The van der Waals surface area contributed by atoms with Crippen LogP contribution in [0.4, 0.5) is 0 Å². The second-order valence-electron chi connectivity index (χ2n) is 4.00. The maximum atomic E-state index is 10.8. The Hall–Kier alpha value is -1.06. The van der Waals surface area contributed by atoms with Gasteiger partial charge in [0.1, 0.15) is 0 Å². The molecule has 0 heterocycles. The maximum Gasteiger partial charge on any atom is 0.310 e. The van der Waals surface area contributed by atoms with Gasteiger partial charge in [0, 0.05) is 0 Å². The lowest BCUT2D eigenvalue weighted by Gasteiger charge is -2.06. The molecule has 1 aliphatic carbocycles. The first kappa shape index (κ1) is 9.03. The van der Waals surface area contributed by atoms with E-state index in [0.717, 1.165) is 0 Å². The van der Waals surface area contributed by atoms with Crippen LogP contribution in [-0.2, 0) is 9.59 Å².